The maximum atomic E-state index is 4.05. The van der Waals surface area contributed by atoms with E-state index in [0.29, 0.717) is 0 Å². The van der Waals surface area contributed by atoms with Crippen LogP contribution in [-0.2, 0) is 0 Å². The molecule has 1 aromatic heterocycles. The number of aliphatic imine (C=N–C) groups is 1. The first-order chi connectivity index (χ1) is 4.84. The van der Waals surface area contributed by atoms with Crippen LogP contribution in [0.5, 0.6) is 0 Å². The Bertz CT molecular complexity index is 250. The Labute approximate surface area is 64.1 Å². The average Bonchev–Trinajstić information content (AvgIpc) is 2.31. The molecule has 3 heteroatoms. The van der Waals surface area contributed by atoms with Crippen molar-refractivity contribution in [1.82, 2.24) is 4.37 Å². The van der Waals surface area contributed by atoms with Crippen LogP contribution >= 0.6 is 11.5 Å². The fraction of sp³-hybridized carbons (Fsp3) is 0.143. The van der Waals surface area contributed by atoms with Crippen molar-refractivity contribution in [1.29, 1.82) is 0 Å². The highest BCUT2D eigenvalue weighted by molar-refractivity contribution is 7.04. The van der Waals surface area contributed by atoms with Crippen LogP contribution < -0.4 is 0 Å². The van der Waals surface area contributed by atoms with Gasteiger partial charge >= 0.3 is 0 Å². The summed E-state index contributed by atoms with van der Waals surface area (Å²) >= 11 is 1.42. The van der Waals surface area contributed by atoms with Gasteiger partial charge in [-0.15, -0.1) is 0 Å². The monoisotopic (exact) mass is 152 g/mol. The molecular formula is C7H8N2S. The van der Waals surface area contributed by atoms with Crippen LogP contribution in [-0.4, -0.2) is 10.6 Å². The van der Waals surface area contributed by atoms with Crippen LogP contribution in [0, 0.1) is 6.92 Å². The van der Waals surface area contributed by atoms with Gasteiger partial charge in [-0.25, -0.2) is 4.99 Å². The minimum absolute atomic E-state index is 0.796. The highest BCUT2D eigenvalue weighted by Gasteiger charge is 1.94. The van der Waals surface area contributed by atoms with Crippen molar-refractivity contribution in [2.24, 2.45) is 4.99 Å². The molecule has 0 aliphatic heterocycles. The summed E-state index contributed by atoms with van der Waals surface area (Å²) in [4.78, 5) is 4.04. The van der Waals surface area contributed by atoms with E-state index in [2.05, 4.69) is 15.9 Å². The van der Waals surface area contributed by atoms with Crippen LogP contribution in [0.25, 0.3) is 0 Å². The van der Waals surface area contributed by atoms with E-state index in [0.717, 1.165) is 11.4 Å². The van der Waals surface area contributed by atoms with Gasteiger partial charge in [-0.05, 0) is 18.5 Å². The summed E-state index contributed by atoms with van der Waals surface area (Å²) < 4.78 is 4.05. The molecule has 1 heterocycles. The third kappa shape index (κ3) is 1.51. The molecule has 0 bridgehead atoms. The second-order valence-electron chi connectivity index (χ2n) is 1.84. The highest BCUT2D eigenvalue weighted by Crippen LogP contribution is 2.16. The van der Waals surface area contributed by atoms with Crippen molar-refractivity contribution >= 4 is 23.6 Å². The van der Waals surface area contributed by atoms with Gasteiger partial charge in [0.15, 0.2) is 5.82 Å². The number of nitrogens with zero attached hydrogens (tertiary/aromatic N) is 2. The van der Waals surface area contributed by atoms with Crippen LogP contribution in [0.2, 0.25) is 0 Å². The minimum Gasteiger partial charge on any atom is -0.236 e. The summed E-state index contributed by atoms with van der Waals surface area (Å²) in [5, 5.41) is 1.97. The maximum absolute atomic E-state index is 4.05. The van der Waals surface area contributed by atoms with E-state index in [1.54, 1.807) is 12.3 Å². The third-order valence-electron chi connectivity index (χ3n) is 1.02. The van der Waals surface area contributed by atoms with Gasteiger partial charge in [0, 0.05) is 17.2 Å². The molecule has 52 valence electrons. The van der Waals surface area contributed by atoms with Crippen LogP contribution in [0.15, 0.2) is 23.0 Å². The SMILES string of the molecule is C=CC=Nc1nscc1C. The average molecular weight is 152 g/mol. The second-order valence-corrected chi connectivity index (χ2v) is 2.46. The van der Waals surface area contributed by atoms with E-state index in [-0.39, 0.29) is 0 Å². The molecule has 0 saturated heterocycles. The van der Waals surface area contributed by atoms with Crippen LogP contribution in [0.3, 0.4) is 0 Å². The molecule has 0 aliphatic rings. The number of aromatic nitrogens is 1. The van der Waals surface area contributed by atoms with Gasteiger partial charge in [0.2, 0.25) is 0 Å². The lowest BCUT2D eigenvalue weighted by Crippen LogP contribution is -1.67. The standard InChI is InChI=1S/C7H8N2S/c1-3-4-8-7-6(2)5-10-9-7/h3-5H,1H2,2H3. The zero-order chi connectivity index (χ0) is 7.40. The summed E-state index contributed by atoms with van der Waals surface area (Å²) in [5.41, 5.74) is 1.11. The van der Waals surface area contributed by atoms with Crippen molar-refractivity contribution in [2.75, 3.05) is 0 Å². The molecule has 2 nitrogen and oxygen atoms in total. The topological polar surface area (TPSA) is 25.2 Å². The first kappa shape index (κ1) is 7.15. The lowest BCUT2D eigenvalue weighted by molar-refractivity contribution is 1.37. The number of allylic oxidation sites excluding steroid dienone is 1. The maximum Gasteiger partial charge on any atom is 0.168 e. The quantitative estimate of drug-likeness (QED) is 0.597. The zero-order valence-electron chi connectivity index (χ0n) is 5.74. The van der Waals surface area contributed by atoms with Crippen LogP contribution in [0.4, 0.5) is 5.82 Å². The molecule has 0 saturated carbocycles. The first-order valence-corrected chi connectivity index (χ1v) is 3.74. The lowest BCUT2D eigenvalue weighted by atomic mass is 10.4. The molecule has 0 fully saturated rings. The Balaban J connectivity index is 2.83. The minimum atomic E-state index is 0.796. The van der Waals surface area contributed by atoms with Gasteiger partial charge in [-0.3, -0.25) is 0 Å². The van der Waals surface area contributed by atoms with E-state index in [1.165, 1.54) is 11.5 Å². The molecule has 1 aromatic rings. The first-order valence-electron chi connectivity index (χ1n) is 2.90. The van der Waals surface area contributed by atoms with Gasteiger partial charge in [0.05, 0.1) is 0 Å². The summed E-state index contributed by atoms with van der Waals surface area (Å²) in [6.07, 6.45) is 3.28. The molecule has 0 N–H and O–H groups in total. The smallest absolute Gasteiger partial charge is 0.168 e. The normalized spacial score (nSPS) is 10.5. The Hall–Kier alpha value is -0.960. The van der Waals surface area contributed by atoms with E-state index in [9.17, 15) is 0 Å². The Kier molecular flexibility index (Phi) is 2.34. The third-order valence-corrected chi connectivity index (χ3v) is 1.76. The predicted molar refractivity (Wildman–Crippen MR) is 45.2 cm³/mol. The molecule has 0 unspecified atom stereocenters. The second kappa shape index (κ2) is 3.27. The van der Waals surface area contributed by atoms with Gasteiger partial charge in [-0.2, -0.15) is 4.37 Å². The molecule has 0 atom stereocenters. The molecular weight excluding hydrogens is 144 g/mol. The van der Waals surface area contributed by atoms with Gasteiger partial charge in [-0.1, -0.05) is 12.7 Å². The molecule has 10 heavy (non-hydrogen) atoms. The molecule has 0 spiro atoms. The van der Waals surface area contributed by atoms with E-state index < -0.39 is 0 Å². The summed E-state index contributed by atoms with van der Waals surface area (Å²) in [5.74, 6) is 0.796. The van der Waals surface area contributed by atoms with Crippen molar-refractivity contribution in [2.45, 2.75) is 6.92 Å². The number of hydrogen-bond donors (Lipinski definition) is 0. The molecule has 1 rings (SSSR count). The number of hydrogen-bond acceptors (Lipinski definition) is 3. The van der Waals surface area contributed by atoms with E-state index >= 15 is 0 Å². The lowest BCUT2D eigenvalue weighted by Gasteiger charge is -1.83. The van der Waals surface area contributed by atoms with Gasteiger partial charge in [0.1, 0.15) is 0 Å². The predicted octanol–water partition coefficient (Wildman–Crippen LogP) is 2.34. The van der Waals surface area contributed by atoms with Crippen molar-refractivity contribution in [3.05, 3.63) is 23.6 Å². The summed E-state index contributed by atoms with van der Waals surface area (Å²) in [6, 6.07) is 0. The van der Waals surface area contributed by atoms with Crippen molar-refractivity contribution < 1.29 is 0 Å². The van der Waals surface area contributed by atoms with Gasteiger partial charge < -0.3 is 0 Å². The summed E-state index contributed by atoms with van der Waals surface area (Å²) in [6.45, 7) is 5.50. The zero-order valence-corrected chi connectivity index (χ0v) is 6.56. The number of rotatable bonds is 2. The molecule has 0 aromatic carbocycles. The number of aryl methyl sites for hydroxylation is 1. The van der Waals surface area contributed by atoms with Crippen molar-refractivity contribution in [3.8, 4) is 0 Å². The largest absolute Gasteiger partial charge is 0.236 e. The van der Waals surface area contributed by atoms with E-state index in [4.69, 9.17) is 0 Å². The van der Waals surface area contributed by atoms with Crippen molar-refractivity contribution in [3.63, 3.8) is 0 Å². The fourth-order valence-corrected chi connectivity index (χ4v) is 1.14. The molecule has 0 amide bonds. The molecule has 0 aliphatic carbocycles. The Morgan fingerprint density at radius 2 is 2.60 bits per heavy atom. The highest BCUT2D eigenvalue weighted by atomic mass is 32.1. The fourth-order valence-electron chi connectivity index (χ4n) is 0.529. The van der Waals surface area contributed by atoms with Gasteiger partial charge in [0.25, 0.3) is 0 Å². The molecule has 0 radical (unpaired) electrons. The summed E-state index contributed by atoms with van der Waals surface area (Å²) in [7, 11) is 0. The Morgan fingerprint density at radius 1 is 1.80 bits per heavy atom. The van der Waals surface area contributed by atoms with Crippen LogP contribution in [0.1, 0.15) is 5.56 Å². The Morgan fingerprint density at radius 3 is 3.10 bits per heavy atom. The van der Waals surface area contributed by atoms with E-state index in [1.807, 2.05) is 12.3 Å².